The summed E-state index contributed by atoms with van der Waals surface area (Å²) in [6.07, 6.45) is 45.4. The highest BCUT2D eigenvalue weighted by atomic mass is 16.1. The van der Waals surface area contributed by atoms with Crippen LogP contribution in [0.5, 0.6) is 0 Å². The highest BCUT2D eigenvalue weighted by Crippen LogP contribution is 2.71. The van der Waals surface area contributed by atoms with Gasteiger partial charge in [-0.2, -0.15) is 0 Å². The molecule has 0 aliphatic heterocycles. The van der Waals surface area contributed by atoms with Gasteiger partial charge in [0.15, 0.2) is 0 Å². The summed E-state index contributed by atoms with van der Waals surface area (Å²) in [6.45, 7) is 15.7. The molecule has 0 aromatic rings. The maximum absolute atomic E-state index is 14.3. The smallest absolute Gasteiger partial charge is 0.140 e. The van der Waals surface area contributed by atoms with Gasteiger partial charge < -0.3 is 0 Å². The van der Waals surface area contributed by atoms with Gasteiger partial charge in [-0.1, -0.05) is 130 Å². The van der Waals surface area contributed by atoms with Crippen LogP contribution in [0.15, 0.2) is 11.6 Å². The molecule has 55 heavy (non-hydrogen) atoms. The fourth-order valence-corrected chi connectivity index (χ4v) is 18.2. The molecule has 7 saturated carbocycles. The standard InChI is InChI=1S/C54H90O/c1-7-9-11-13-15-17-19-39-23-27-46-43-25-21-41-35-38(29-32-53(41,5)48(43)30-33-51(39,46)3)45-37-54(6)42(36-50(45)55)22-26-44-47-28-24-40(20-18-16-14-12-10-8-2)52(47,4)34-31-49(44)54/h29,39-49H,7-28,30-37H2,1-6H3/t39?,40?,41?,42?,43-,44+,45?,46-,47+,48-,49+,51+,52-,53-,54+/m1/s1. The van der Waals surface area contributed by atoms with Crippen LogP contribution in [0.1, 0.15) is 234 Å². The fraction of sp³-hybridized carbons (Fsp3) is 0.944. The molecule has 0 heterocycles. The Labute approximate surface area is 342 Å². The van der Waals surface area contributed by atoms with Crippen LogP contribution in [-0.2, 0) is 4.79 Å². The Balaban J connectivity index is 0.903. The van der Waals surface area contributed by atoms with Crippen LogP contribution in [-0.4, -0.2) is 5.78 Å². The largest absolute Gasteiger partial charge is 0.299 e. The summed E-state index contributed by atoms with van der Waals surface area (Å²) in [5, 5.41) is 0. The number of hydrogen-bond acceptors (Lipinski definition) is 1. The zero-order chi connectivity index (χ0) is 38.4. The van der Waals surface area contributed by atoms with E-state index in [1.165, 1.54) is 186 Å². The van der Waals surface area contributed by atoms with Gasteiger partial charge in [0.25, 0.3) is 0 Å². The summed E-state index contributed by atoms with van der Waals surface area (Å²) in [6, 6.07) is 0. The molecule has 0 radical (unpaired) electrons. The fourth-order valence-electron chi connectivity index (χ4n) is 18.2. The van der Waals surface area contributed by atoms with E-state index in [1.54, 1.807) is 5.57 Å². The molecule has 7 fully saturated rings. The van der Waals surface area contributed by atoms with E-state index in [9.17, 15) is 4.79 Å². The lowest BCUT2D eigenvalue weighted by atomic mass is 9.42. The van der Waals surface area contributed by atoms with E-state index >= 15 is 0 Å². The number of carbonyl (C=O) groups excluding carboxylic acids is 1. The van der Waals surface area contributed by atoms with Crippen LogP contribution in [0.4, 0.5) is 0 Å². The van der Waals surface area contributed by atoms with E-state index in [0.717, 1.165) is 59.7 Å². The summed E-state index contributed by atoms with van der Waals surface area (Å²) in [5.41, 5.74) is 3.69. The Morgan fingerprint density at radius 1 is 0.509 bits per heavy atom. The van der Waals surface area contributed by atoms with Crippen molar-refractivity contribution in [2.75, 3.05) is 0 Å². The monoisotopic (exact) mass is 755 g/mol. The number of fused-ring (bicyclic) bond motifs is 10. The molecular weight excluding hydrogens is 665 g/mol. The third-order valence-electron chi connectivity index (χ3n) is 21.5. The van der Waals surface area contributed by atoms with Crippen molar-refractivity contribution in [2.45, 2.75) is 234 Å². The second-order valence-corrected chi connectivity index (χ2v) is 23.7. The lowest BCUT2D eigenvalue weighted by molar-refractivity contribution is -0.146. The summed E-state index contributed by atoms with van der Waals surface area (Å²) in [5.74, 6) is 9.96. The molecule has 1 heteroatoms. The van der Waals surface area contributed by atoms with Crippen molar-refractivity contribution in [2.24, 2.45) is 86.8 Å². The van der Waals surface area contributed by atoms with E-state index < -0.39 is 0 Å². The van der Waals surface area contributed by atoms with Gasteiger partial charge in [0.2, 0.25) is 0 Å². The van der Waals surface area contributed by atoms with E-state index in [1.807, 2.05) is 0 Å². The van der Waals surface area contributed by atoms with E-state index in [-0.39, 0.29) is 5.92 Å². The molecule has 15 atom stereocenters. The number of rotatable bonds is 15. The van der Waals surface area contributed by atoms with Crippen molar-refractivity contribution >= 4 is 5.78 Å². The molecule has 8 rings (SSSR count). The van der Waals surface area contributed by atoms with E-state index in [0.29, 0.717) is 33.4 Å². The quantitative estimate of drug-likeness (QED) is 0.120. The first-order valence-electron chi connectivity index (χ1n) is 25.8. The number of Topliss-reactive ketones (excluding diaryl/α,β-unsaturated/α-hetero) is 1. The second kappa shape index (κ2) is 16.8. The van der Waals surface area contributed by atoms with Gasteiger partial charge in [0.05, 0.1) is 0 Å². The molecule has 8 aliphatic rings. The third kappa shape index (κ3) is 7.37. The first-order valence-corrected chi connectivity index (χ1v) is 25.8. The minimum atomic E-state index is 0.242. The van der Waals surface area contributed by atoms with Crippen LogP contribution < -0.4 is 0 Å². The van der Waals surface area contributed by atoms with Gasteiger partial charge in [-0.25, -0.2) is 0 Å². The minimum Gasteiger partial charge on any atom is -0.299 e. The molecule has 1 nitrogen and oxygen atoms in total. The molecule has 0 aromatic carbocycles. The molecule has 0 N–H and O–H groups in total. The number of ketones is 1. The van der Waals surface area contributed by atoms with Crippen molar-refractivity contribution in [1.29, 1.82) is 0 Å². The molecule has 8 aliphatic carbocycles. The topological polar surface area (TPSA) is 17.1 Å². The zero-order valence-corrected chi connectivity index (χ0v) is 37.5. The Bertz CT molecular complexity index is 1340. The summed E-state index contributed by atoms with van der Waals surface area (Å²) in [4.78, 5) is 14.3. The maximum atomic E-state index is 14.3. The molecule has 0 bridgehead atoms. The Hall–Kier alpha value is -0.590. The summed E-state index contributed by atoms with van der Waals surface area (Å²) >= 11 is 0. The number of carbonyl (C=O) groups is 1. The molecule has 5 unspecified atom stereocenters. The number of allylic oxidation sites excluding steroid dienone is 2. The maximum Gasteiger partial charge on any atom is 0.140 e. The molecule has 312 valence electrons. The van der Waals surface area contributed by atoms with Crippen molar-refractivity contribution in [3.05, 3.63) is 11.6 Å². The van der Waals surface area contributed by atoms with Crippen LogP contribution in [0.3, 0.4) is 0 Å². The van der Waals surface area contributed by atoms with Crippen LogP contribution in [0, 0.1) is 86.8 Å². The van der Waals surface area contributed by atoms with Crippen molar-refractivity contribution in [3.63, 3.8) is 0 Å². The lowest BCUT2D eigenvalue weighted by Gasteiger charge is -2.62. The zero-order valence-electron chi connectivity index (χ0n) is 37.5. The average Bonchev–Trinajstić information content (AvgIpc) is 3.70. The molecule has 0 amide bonds. The van der Waals surface area contributed by atoms with Gasteiger partial charge in [-0.15, -0.1) is 0 Å². The minimum absolute atomic E-state index is 0.242. The molecule has 0 spiro atoms. The van der Waals surface area contributed by atoms with E-state index in [2.05, 4.69) is 47.6 Å². The summed E-state index contributed by atoms with van der Waals surface area (Å²) in [7, 11) is 0. The van der Waals surface area contributed by atoms with E-state index in [4.69, 9.17) is 0 Å². The van der Waals surface area contributed by atoms with Crippen LogP contribution in [0.25, 0.3) is 0 Å². The van der Waals surface area contributed by atoms with Crippen molar-refractivity contribution < 1.29 is 4.79 Å². The van der Waals surface area contributed by atoms with Crippen molar-refractivity contribution in [1.82, 2.24) is 0 Å². The third-order valence-corrected chi connectivity index (χ3v) is 21.5. The predicted octanol–water partition coefficient (Wildman–Crippen LogP) is 16.1. The second-order valence-electron chi connectivity index (χ2n) is 23.7. The molecule has 0 saturated heterocycles. The SMILES string of the molecule is CCCCCCCCC1CC[C@@H]2[C@H]3CCC4CC(C5C[C@@]6(C)C(CC[C@@H]7[C@@H]6CC[C@]6(C)C(CCCCCCCC)CC[C@@H]76)CC5=O)=CC[C@@]4(C)[C@@H]3CC[C@@]12C. The Kier molecular flexibility index (Phi) is 12.6. The number of hydrogen-bond donors (Lipinski definition) is 0. The summed E-state index contributed by atoms with van der Waals surface area (Å²) < 4.78 is 0. The van der Waals surface area contributed by atoms with Gasteiger partial charge in [-0.3, -0.25) is 4.79 Å². The lowest BCUT2D eigenvalue weighted by Crippen LogP contribution is -2.55. The van der Waals surface area contributed by atoms with Gasteiger partial charge in [-0.05, 0) is 190 Å². The normalized spacial score (nSPS) is 47.6. The van der Waals surface area contributed by atoms with Gasteiger partial charge in [0, 0.05) is 12.3 Å². The Morgan fingerprint density at radius 3 is 1.53 bits per heavy atom. The molecular formula is C54H90O. The predicted molar refractivity (Wildman–Crippen MR) is 234 cm³/mol. The first-order chi connectivity index (χ1) is 26.6. The van der Waals surface area contributed by atoms with Gasteiger partial charge >= 0.3 is 0 Å². The highest BCUT2D eigenvalue weighted by molar-refractivity contribution is 5.85. The first kappa shape index (κ1) is 41.2. The van der Waals surface area contributed by atoms with Crippen molar-refractivity contribution in [3.8, 4) is 0 Å². The number of unbranched alkanes of at least 4 members (excludes halogenated alkanes) is 10. The highest BCUT2D eigenvalue weighted by Gasteiger charge is 2.63. The average molecular weight is 755 g/mol. The Morgan fingerprint density at radius 2 is 0.982 bits per heavy atom. The molecule has 0 aromatic heterocycles. The van der Waals surface area contributed by atoms with Crippen LogP contribution >= 0.6 is 0 Å². The van der Waals surface area contributed by atoms with Crippen LogP contribution in [0.2, 0.25) is 0 Å². The van der Waals surface area contributed by atoms with Gasteiger partial charge in [0.1, 0.15) is 5.78 Å².